The Kier molecular flexibility index (Phi) is 11.2. The number of nitrogens with one attached hydrogen (secondary N) is 1. The summed E-state index contributed by atoms with van der Waals surface area (Å²) in [6, 6.07) is 19.8. The maximum Gasteiger partial charge on any atom is 0.264 e. The van der Waals surface area contributed by atoms with Crippen molar-refractivity contribution in [1.82, 2.24) is 10.2 Å². The number of carbonyl (C=O) groups is 2. The lowest BCUT2D eigenvalue weighted by Gasteiger charge is -2.34. The number of amides is 2. The second kappa shape index (κ2) is 14.3. The van der Waals surface area contributed by atoms with Crippen LogP contribution in [0.3, 0.4) is 0 Å². The molecule has 0 aromatic heterocycles. The molecular weight excluding hydrogens is 546 g/mol. The van der Waals surface area contributed by atoms with Crippen molar-refractivity contribution in [2.24, 2.45) is 0 Å². The van der Waals surface area contributed by atoms with Gasteiger partial charge in [0.25, 0.3) is 10.0 Å². The van der Waals surface area contributed by atoms with Gasteiger partial charge < -0.3 is 10.2 Å². The number of benzene rings is 3. The van der Waals surface area contributed by atoms with E-state index in [-0.39, 0.29) is 17.3 Å². The minimum atomic E-state index is -4.15. The number of rotatable bonds is 13. The van der Waals surface area contributed by atoms with Gasteiger partial charge in [0.1, 0.15) is 12.6 Å². The Labute approximate surface area is 243 Å². The molecule has 0 heterocycles. The SMILES string of the molecule is CCCCNC(=O)[C@@H](CC)N(Cc1ccccc1C)C(=O)CN(c1cccc(Cl)c1C)S(=O)(=O)c1ccccc1. The molecule has 214 valence electrons. The summed E-state index contributed by atoms with van der Waals surface area (Å²) in [5.74, 6) is -0.742. The van der Waals surface area contributed by atoms with E-state index in [1.165, 1.54) is 17.0 Å². The molecule has 9 heteroatoms. The summed E-state index contributed by atoms with van der Waals surface area (Å²) < 4.78 is 29.0. The summed E-state index contributed by atoms with van der Waals surface area (Å²) in [7, 11) is -4.15. The standard InChI is InChI=1S/C31H38ClN3O4S/c1-5-7-20-33-31(37)28(6-2)34(21-25-15-12-11-14-23(25)3)30(36)22-35(29-19-13-18-27(32)24(29)4)40(38,39)26-16-9-8-10-17-26/h8-19,28H,5-7,20-22H2,1-4H3,(H,33,37)/t28-/m1/s1. The van der Waals surface area contributed by atoms with Crippen molar-refractivity contribution >= 4 is 39.1 Å². The van der Waals surface area contributed by atoms with Crippen LogP contribution in [0, 0.1) is 13.8 Å². The molecule has 0 aliphatic carbocycles. The summed E-state index contributed by atoms with van der Waals surface area (Å²) in [6.45, 7) is 7.73. The molecule has 7 nitrogen and oxygen atoms in total. The number of aryl methyl sites for hydroxylation is 1. The molecule has 0 spiro atoms. The first-order valence-electron chi connectivity index (χ1n) is 13.6. The third-order valence-electron chi connectivity index (χ3n) is 6.94. The van der Waals surface area contributed by atoms with Crippen LogP contribution in [0.15, 0.2) is 77.7 Å². The molecule has 0 saturated heterocycles. The zero-order chi connectivity index (χ0) is 29.3. The van der Waals surface area contributed by atoms with Crippen LogP contribution in [0.1, 0.15) is 49.8 Å². The maximum atomic E-state index is 14.2. The number of halogens is 1. The molecule has 0 fully saturated rings. The zero-order valence-corrected chi connectivity index (χ0v) is 25.1. The molecule has 0 unspecified atom stereocenters. The van der Waals surface area contributed by atoms with Gasteiger partial charge in [0.15, 0.2) is 0 Å². The number of hydrogen-bond acceptors (Lipinski definition) is 4. The molecule has 2 amide bonds. The fourth-order valence-corrected chi connectivity index (χ4v) is 6.16. The highest BCUT2D eigenvalue weighted by Crippen LogP contribution is 2.31. The van der Waals surface area contributed by atoms with Crippen molar-refractivity contribution in [1.29, 1.82) is 0 Å². The lowest BCUT2D eigenvalue weighted by molar-refractivity contribution is -0.140. The second-order valence-electron chi connectivity index (χ2n) is 9.73. The first-order valence-corrected chi connectivity index (χ1v) is 15.4. The van der Waals surface area contributed by atoms with E-state index in [2.05, 4.69) is 5.32 Å². The number of nitrogens with zero attached hydrogens (tertiary/aromatic N) is 2. The fraction of sp³-hybridized carbons (Fsp3) is 0.355. The van der Waals surface area contributed by atoms with Crippen molar-refractivity contribution < 1.29 is 18.0 Å². The van der Waals surface area contributed by atoms with Crippen LogP contribution in [0.2, 0.25) is 5.02 Å². The number of carbonyl (C=O) groups excluding carboxylic acids is 2. The van der Waals surface area contributed by atoms with Crippen LogP contribution >= 0.6 is 11.6 Å². The summed E-state index contributed by atoms with van der Waals surface area (Å²) in [5.41, 5.74) is 2.69. The molecule has 40 heavy (non-hydrogen) atoms. The summed E-state index contributed by atoms with van der Waals surface area (Å²) in [4.78, 5) is 29.0. The zero-order valence-electron chi connectivity index (χ0n) is 23.6. The molecule has 3 aromatic rings. The second-order valence-corrected chi connectivity index (χ2v) is 12.0. The van der Waals surface area contributed by atoms with Gasteiger partial charge in [-0.2, -0.15) is 0 Å². The third kappa shape index (κ3) is 7.43. The normalized spacial score (nSPS) is 12.0. The summed E-state index contributed by atoms with van der Waals surface area (Å²) in [5, 5.41) is 3.33. The largest absolute Gasteiger partial charge is 0.354 e. The molecule has 1 N–H and O–H groups in total. The van der Waals surface area contributed by atoms with Crippen molar-refractivity contribution in [2.45, 2.75) is 64.4 Å². The van der Waals surface area contributed by atoms with Gasteiger partial charge in [0.2, 0.25) is 11.8 Å². The van der Waals surface area contributed by atoms with E-state index in [1.54, 1.807) is 43.3 Å². The Hall–Kier alpha value is -3.36. The van der Waals surface area contributed by atoms with Gasteiger partial charge in [0.05, 0.1) is 10.6 Å². The van der Waals surface area contributed by atoms with Gasteiger partial charge in [-0.3, -0.25) is 13.9 Å². The average Bonchev–Trinajstić information content (AvgIpc) is 2.94. The molecule has 0 bridgehead atoms. The predicted octanol–water partition coefficient (Wildman–Crippen LogP) is 5.88. The topological polar surface area (TPSA) is 86.8 Å². The smallest absolute Gasteiger partial charge is 0.264 e. The van der Waals surface area contributed by atoms with Crippen molar-refractivity contribution in [3.05, 3.63) is 94.5 Å². The molecule has 0 radical (unpaired) electrons. The van der Waals surface area contributed by atoms with Gasteiger partial charge >= 0.3 is 0 Å². The molecule has 0 aliphatic heterocycles. The highest BCUT2D eigenvalue weighted by Gasteiger charge is 2.34. The molecule has 0 saturated carbocycles. The molecule has 3 aromatic carbocycles. The van der Waals surface area contributed by atoms with Crippen molar-refractivity contribution in [3.63, 3.8) is 0 Å². The Bertz CT molecular complexity index is 1410. The van der Waals surface area contributed by atoms with Crippen molar-refractivity contribution in [2.75, 3.05) is 17.4 Å². The van der Waals surface area contributed by atoms with E-state index >= 15 is 0 Å². The fourth-order valence-electron chi connectivity index (χ4n) is 4.50. The third-order valence-corrected chi connectivity index (χ3v) is 9.12. The van der Waals surface area contributed by atoms with Gasteiger partial charge in [-0.15, -0.1) is 0 Å². The predicted molar refractivity (Wildman–Crippen MR) is 161 cm³/mol. The minimum Gasteiger partial charge on any atom is -0.354 e. The number of hydrogen-bond donors (Lipinski definition) is 1. The number of unbranched alkanes of at least 4 members (excludes halogenated alkanes) is 1. The number of sulfonamides is 1. The van der Waals surface area contributed by atoms with Gasteiger partial charge in [-0.05, 0) is 67.6 Å². The monoisotopic (exact) mass is 583 g/mol. The van der Waals surface area contributed by atoms with E-state index in [0.717, 1.165) is 28.3 Å². The maximum absolute atomic E-state index is 14.2. The Morgan fingerprint density at radius 2 is 1.60 bits per heavy atom. The summed E-state index contributed by atoms with van der Waals surface area (Å²) in [6.07, 6.45) is 2.12. The van der Waals surface area contributed by atoms with Crippen molar-refractivity contribution in [3.8, 4) is 0 Å². The molecule has 3 rings (SSSR count). The first-order chi connectivity index (χ1) is 19.1. The highest BCUT2D eigenvalue weighted by molar-refractivity contribution is 7.92. The number of anilines is 1. The van der Waals surface area contributed by atoms with E-state index in [4.69, 9.17) is 11.6 Å². The Morgan fingerprint density at radius 3 is 2.25 bits per heavy atom. The average molecular weight is 584 g/mol. The lowest BCUT2D eigenvalue weighted by Crippen LogP contribution is -2.52. The van der Waals surface area contributed by atoms with Crippen LogP contribution < -0.4 is 9.62 Å². The van der Waals surface area contributed by atoms with Crippen LogP contribution in [0.4, 0.5) is 5.69 Å². The van der Waals surface area contributed by atoms with Crippen LogP contribution in [0.5, 0.6) is 0 Å². The summed E-state index contributed by atoms with van der Waals surface area (Å²) >= 11 is 6.38. The van der Waals surface area contributed by atoms with Crippen LogP contribution in [-0.4, -0.2) is 44.3 Å². The lowest BCUT2D eigenvalue weighted by atomic mass is 10.1. The molecule has 1 atom stereocenters. The molecular formula is C31H38ClN3O4S. The minimum absolute atomic E-state index is 0.0528. The highest BCUT2D eigenvalue weighted by atomic mass is 35.5. The van der Waals surface area contributed by atoms with Gasteiger partial charge in [0, 0.05) is 18.1 Å². The first kappa shape index (κ1) is 31.2. The Balaban J connectivity index is 2.08. The van der Waals surface area contributed by atoms with E-state index in [1.807, 2.05) is 45.0 Å². The quantitative estimate of drug-likeness (QED) is 0.255. The molecule has 0 aliphatic rings. The van der Waals surface area contributed by atoms with E-state index in [0.29, 0.717) is 29.2 Å². The van der Waals surface area contributed by atoms with Gasteiger partial charge in [-0.1, -0.05) is 80.4 Å². The van der Waals surface area contributed by atoms with Gasteiger partial charge in [-0.25, -0.2) is 8.42 Å². The van der Waals surface area contributed by atoms with E-state index < -0.39 is 28.5 Å². The van der Waals surface area contributed by atoms with Crippen LogP contribution in [-0.2, 0) is 26.2 Å². The Morgan fingerprint density at radius 1 is 0.925 bits per heavy atom. The van der Waals surface area contributed by atoms with E-state index in [9.17, 15) is 18.0 Å². The van der Waals surface area contributed by atoms with Crippen LogP contribution in [0.25, 0.3) is 0 Å².